The number of alkyl halides is 3. The Bertz CT molecular complexity index is 805. The molecule has 0 unspecified atom stereocenters. The van der Waals surface area contributed by atoms with E-state index in [2.05, 4.69) is 4.74 Å². The monoisotopic (exact) mass is 409 g/mol. The molecule has 0 aliphatic carbocycles. The fraction of sp³-hybridized carbons (Fsp3) is 0.467. The molecule has 1 saturated heterocycles. The van der Waals surface area contributed by atoms with Gasteiger partial charge in [0.15, 0.2) is 0 Å². The molecule has 0 bridgehead atoms. The summed E-state index contributed by atoms with van der Waals surface area (Å²) in [5, 5.41) is 1.97. The molecule has 27 heavy (non-hydrogen) atoms. The molecule has 0 saturated carbocycles. The van der Waals surface area contributed by atoms with Crippen LogP contribution in [-0.2, 0) is 25.7 Å². The highest BCUT2D eigenvalue weighted by Gasteiger charge is 2.39. The molecule has 1 aromatic carbocycles. The summed E-state index contributed by atoms with van der Waals surface area (Å²) in [6.45, 7) is -0.0772. The van der Waals surface area contributed by atoms with Gasteiger partial charge in [-0.3, -0.25) is 15.0 Å². The number of carbonyl (C=O) groups excluding carboxylic acids is 2. The minimum Gasteiger partial charge on any atom is -0.453 e. The number of carbonyl (C=O) groups is 2. The van der Waals surface area contributed by atoms with E-state index in [1.807, 2.05) is 5.32 Å². The number of methoxy groups -OCH3 is 1. The van der Waals surface area contributed by atoms with E-state index in [9.17, 15) is 31.2 Å². The maximum absolute atomic E-state index is 13.1. The molecule has 2 rings (SSSR count). The SMILES string of the molecule is COC(=O)NC(=O)CN1CCN(S(=O)(=O)c2ccccc2C(F)(F)F)CC1. The zero-order valence-electron chi connectivity index (χ0n) is 14.3. The number of amides is 2. The lowest BCUT2D eigenvalue weighted by Crippen LogP contribution is -2.51. The Labute approximate surface area is 153 Å². The molecular formula is C15H18F3N3O5S. The number of hydrogen-bond acceptors (Lipinski definition) is 6. The lowest BCUT2D eigenvalue weighted by atomic mass is 10.2. The van der Waals surface area contributed by atoms with Crippen LogP contribution in [0.1, 0.15) is 5.56 Å². The van der Waals surface area contributed by atoms with E-state index in [1.54, 1.807) is 4.90 Å². The number of nitrogens with one attached hydrogen (secondary N) is 1. The third-order valence-corrected chi connectivity index (χ3v) is 5.89. The smallest absolute Gasteiger partial charge is 0.417 e. The quantitative estimate of drug-likeness (QED) is 0.794. The lowest BCUT2D eigenvalue weighted by Gasteiger charge is -2.33. The van der Waals surface area contributed by atoms with Crippen molar-refractivity contribution in [1.82, 2.24) is 14.5 Å². The summed E-state index contributed by atoms with van der Waals surface area (Å²) < 4.78 is 69.8. The van der Waals surface area contributed by atoms with Crippen LogP contribution in [0.4, 0.5) is 18.0 Å². The van der Waals surface area contributed by atoms with Gasteiger partial charge >= 0.3 is 12.3 Å². The summed E-state index contributed by atoms with van der Waals surface area (Å²) >= 11 is 0. The van der Waals surface area contributed by atoms with Crippen LogP contribution in [-0.4, -0.2) is 69.5 Å². The highest BCUT2D eigenvalue weighted by Crippen LogP contribution is 2.35. The van der Waals surface area contributed by atoms with Gasteiger partial charge < -0.3 is 4.74 Å². The molecule has 0 spiro atoms. The fourth-order valence-corrected chi connectivity index (χ4v) is 4.23. The number of benzene rings is 1. The molecule has 150 valence electrons. The van der Waals surface area contributed by atoms with Gasteiger partial charge in [-0.15, -0.1) is 0 Å². The summed E-state index contributed by atoms with van der Waals surface area (Å²) in [6, 6.07) is 4.00. The molecule has 1 aliphatic heterocycles. The van der Waals surface area contributed by atoms with E-state index >= 15 is 0 Å². The van der Waals surface area contributed by atoms with Crippen LogP contribution < -0.4 is 5.32 Å². The minimum absolute atomic E-state index is 0.0833. The molecule has 1 N–H and O–H groups in total. The van der Waals surface area contributed by atoms with Gasteiger partial charge in [-0.05, 0) is 12.1 Å². The topological polar surface area (TPSA) is 96.0 Å². The molecule has 1 fully saturated rings. The molecule has 1 heterocycles. The first kappa shape index (κ1) is 21.1. The van der Waals surface area contributed by atoms with Crippen LogP contribution in [0, 0.1) is 0 Å². The van der Waals surface area contributed by atoms with Gasteiger partial charge in [-0.1, -0.05) is 12.1 Å². The van der Waals surface area contributed by atoms with Gasteiger partial charge in [-0.25, -0.2) is 13.2 Å². The second-order valence-electron chi connectivity index (χ2n) is 5.71. The Kier molecular flexibility index (Phi) is 6.44. The summed E-state index contributed by atoms with van der Waals surface area (Å²) in [5.41, 5.74) is -1.22. The Morgan fingerprint density at radius 2 is 1.74 bits per heavy atom. The molecule has 0 radical (unpaired) electrons. The molecule has 2 amide bonds. The van der Waals surface area contributed by atoms with Crippen molar-refractivity contribution < 1.29 is 35.9 Å². The van der Waals surface area contributed by atoms with Crippen molar-refractivity contribution in [2.75, 3.05) is 39.8 Å². The maximum Gasteiger partial charge on any atom is 0.417 e. The summed E-state index contributed by atoms with van der Waals surface area (Å²) in [4.78, 5) is 23.4. The third-order valence-electron chi connectivity index (χ3n) is 3.94. The molecule has 0 aromatic heterocycles. The highest BCUT2D eigenvalue weighted by molar-refractivity contribution is 7.89. The van der Waals surface area contributed by atoms with Gasteiger partial charge in [0.1, 0.15) is 0 Å². The van der Waals surface area contributed by atoms with Crippen LogP contribution >= 0.6 is 0 Å². The van der Waals surface area contributed by atoms with E-state index in [4.69, 9.17) is 0 Å². The second-order valence-corrected chi connectivity index (χ2v) is 7.62. The van der Waals surface area contributed by atoms with E-state index < -0.39 is 38.7 Å². The Balaban J connectivity index is 2.06. The second kappa shape index (κ2) is 8.23. The van der Waals surface area contributed by atoms with Gasteiger partial charge in [0.05, 0.1) is 24.1 Å². The van der Waals surface area contributed by atoms with Crippen molar-refractivity contribution in [3.63, 3.8) is 0 Å². The standard InChI is InChI=1S/C15H18F3N3O5S/c1-26-14(23)19-13(22)10-20-6-8-21(9-7-20)27(24,25)12-5-3-2-4-11(12)15(16,17)18/h2-5H,6-10H2,1H3,(H,19,22,23). The summed E-state index contributed by atoms with van der Waals surface area (Å²) in [6.07, 6.45) is -5.71. The highest BCUT2D eigenvalue weighted by atomic mass is 32.2. The average molecular weight is 409 g/mol. The minimum atomic E-state index is -4.79. The number of imide groups is 1. The molecule has 0 atom stereocenters. The first-order valence-corrected chi connectivity index (χ1v) is 9.26. The number of halogens is 3. The van der Waals surface area contributed by atoms with Gasteiger partial charge in [-0.2, -0.15) is 17.5 Å². The zero-order valence-corrected chi connectivity index (χ0v) is 15.1. The van der Waals surface area contributed by atoms with E-state index in [1.165, 1.54) is 6.07 Å². The summed E-state index contributed by atoms with van der Waals surface area (Å²) in [5.74, 6) is -0.624. The van der Waals surface area contributed by atoms with Crippen LogP contribution in [0.5, 0.6) is 0 Å². The van der Waals surface area contributed by atoms with Crippen molar-refractivity contribution in [3.05, 3.63) is 29.8 Å². The van der Waals surface area contributed by atoms with Crippen LogP contribution in [0.15, 0.2) is 29.2 Å². The van der Waals surface area contributed by atoms with Crippen molar-refractivity contribution in [1.29, 1.82) is 0 Å². The van der Waals surface area contributed by atoms with E-state index in [0.29, 0.717) is 0 Å². The number of rotatable bonds is 4. The van der Waals surface area contributed by atoms with Crippen LogP contribution in [0.2, 0.25) is 0 Å². The molecule has 1 aromatic rings. The van der Waals surface area contributed by atoms with Crippen molar-refractivity contribution in [2.45, 2.75) is 11.1 Å². The Morgan fingerprint density at radius 1 is 1.15 bits per heavy atom. The van der Waals surface area contributed by atoms with Gasteiger partial charge in [0, 0.05) is 26.2 Å². The fourth-order valence-electron chi connectivity index (χ4n) is 2.60. The molecule has 8 nitrogen and oxygen atoms in total. The summed E-state index contributed by atoms with van der Waals surface area (Å²) in [7, 11) is -3.24. The molecular weight excluding hydrogens is 391 g/mol. The molecule has 1 aliphatic rings. The van der Waals surface area contributed by atoms with Crippen molar-refractivity contribution in [3.8, 4) is 0 Å². The lowest BCUT2D eigenvalue weighted by molar-refractivity contribution is -0.140. The number of hydrogen-bond donors (Lipinski definition) is 1. The van der Waals surface area contributed by atoms with E-state index in [-0.39, 0.29) is 32.7 Å². The number of piperazine rings is 1. The predicted molar refractivity (Wildman–Crippen MR) is 87.2 cm³/mol. The largest absolute Gasteiger partial charge is 0.453 e. The van der Waals surface area contributed by atoms with Gasteiger partial charge in [0.25, 0.3) is 0 Å². The average Bonchev–Trinajstić information content (AvgIpc) is 2.61. The number of nitrogens with zero attached hydrogens (tertiary/aromatic N) is 2. The normalized spacial score (nSPS) is 16.7. The van der Waals surface area contributed by atoms with Crippen molar-refractivity contribution >= 4 is 22.0 Å². The Morgan fingerprint density at radius 3 is 2.30 bits per heavy atom. The van der Waals surface area contributed by atoms with Gasteiger partial charge in [0.2, 0.25) is 15.9 Å². The number of alkyl carbamates (subject to hydrolysis) is 1. The first-order valence-electron chi connectivity index (χ1n) is 7.82. The zero-order chi connectivity index (χ0) is 20.2. The first-order chi connectivity index (χ1) is 12.6. The predicted octanol–water partition coefficient (Wildman–Crippen LogP) is 0.894. The third kappa shape index (κ3) is 5.17. The Hall–Kier alpha value is -2.18. The van der Waals surface area contributed by atoms with Crippen LogP contribution in [0.25, 0.3) is 0 Å². The van der Waals surface area contributed by atoms with Crippen molar-refractivity contribution in [2.24, 2.45) is 0 Å². The van der Waals surface area contributed by atoms with E-state index in [0.717, 1.165) is 29.6 Å². The molecule has 12 heteroatoms. The number of sulfonamides is 1. The maximum atomic E-state index is 13.1. The number of ether oxygens (including phenoxy) is 1. The van der Waals surface area contributed by atoms with Crippen LogP contribution in [0.3, 0.4) is 0 Å².